The molecule has 0 saturated heterocycles. The van der Waals surface area contributed by atoms with Crippen molar-refractivity contribution in [3.05, 3.63) is 58.1 Å². The molecule has 0 fully saturated rings. The Morgan fingerprint density at radius 1 is 0.846 bits per heavy atom. The van der Waals surface area contributed by atoms with Crippen molar-refractivity contribution < 1.29 is 29.6 Å². The van der Waals surface area contributed by atoms with Gasteiger partial charge in [0, 0.05) is 11.1 Å². The predicted molar refractivity (Wildman–Crippen MR) is 93.5 cm³/mol. The summed E-state index contributed by atoms with van der Waals surface area (Å²) in [5.74, 6) is -2.75. The zero-order valence-corrected chi connectivity index (χ0v) is 14.0. The summed E-state index contributed by atoms with van der Waals surface area (Å²) < 4.78 is 5.12. The van der Waals surface area contributed by atoms with Gasteiger partial charge in [-0.15, -0.1) is 0 Å². The SMILES string of the molecule is COc1c(O)c(C)c(O)c2c1C(=O)c1c(O)cc3ccccc3c1C2=O. The van der Waals surface area contributed by atoms with Crippen molar-refractivity contribution in [3.8, 4) is 23.0 Å². The van der Waals surface area contributed by atoms with Crippen LogP contribution in [0.15, 0.2) is 30.3 Å². The van der Waals surface area contributed by atoms with Gasteiger partial charge >= 0.3 is 0 Å². The molecule has 3 N–H and O–H groups in total. The van der Waals surface area contributed by atoms with E-state index in [-0.39, 0.29) is 39.3 Å². The number of ether oxygens (including phenoxy) is 1. The summed E-state index contributed by atoms with van der Waals surface area (Å²) in [6.45, 7) is 1.42. The number of phenolic OH excluding ortho intramolecular Hbond substituents is 3. The van der Waals surface area contributed by atoms with Crippen molar-refractivity contribution in [2.24, 2.45) is 0 Å². The van der Waals surface area contributed by atoms with Crippen LogP contribution in [0.5, 0.6) is 23.0 Å². The third-order valence-electron chi connectivity index (χ3n) is 4.78. The van der Waals surface area contributed by atoms with Crippen LogP contribution in [-0.2, 0) is 0 Å². The molecule has 1 aliphatic carbocycles. The molecule has 0 radical (unpaired) electrons. The van der Waals surface area contributed by atoms with Crippen molar-refractivity contribution in [2.45, 2.75) is 6.92 Å². The Balaban J connectivity index is 2.20. The second kappa shape index (κ2) is 5.23. The van der Waals surface area contributed by atoms with Crippen LogP contribution >= 0.6 is 0 Å². The van der Waals surface area contributed by atoms with E-state index in [9.17, 15) is 24.9 Å². The first-order chi connectivity index (χ1) is 12.4. The standard InChI is InChI=1S/C20H14O6/c1-8-16(22)14-15(20(26-2)17(8)23)19(25)13-11(21)7-9-5-3-4-6-10(9)12(13)18(14)24/h3-7,21-23H,1-2H3. The normalized spacial score (nSPS) is 12.8. The van der Waals surface area contributed by atoms with Gasteiger partial charge in [0.25, 0.3) is 0 Å². The molecule has 3 aromatic carbocycles. The lowest BCUT2D eigenvalue weighted by molar-refractivity contribution is 0.0972. The first-order valence-corrected chi connectivity index (χ1v) is 7.85. The molecule has 0 spiro atoms. The lowest BCUT2D eigenvalue weighted by atomic mass is 9.79. The monoisotopic (exact) mass is 350 g/mol. The van der Waals surface area contributed by atoms with Gasteiger partial charge < -0.3 is 20.1 Å². The van der Waals surface area contributed by atoms with Crippen LogP contribution < -0.4 is 4.74 Å². The van der Waals surface area contributed by atoms with E-state index in [1.807, 2.05) is 0 Å². The van der Waals surface area contributed by atoms with E-state index in [1.165, 1.54) is 20.1 Å². The van der Waals surface area contributed by atoms with Crippen LogP contribution in [-0.4, -0.2) is 34.0 Å². The van der Waals surface area contributed by atoms with Gasteiger partial charge in [-0.25, -0.2) is 0 Å². The largest absolute Gasteiger partial charge is 0.507 e. The second-order valence-corrected chi connectivity index (χ2v) is 6.13. The molecule has 0 aromatic heterocycles. The summed E-state index contributed by atoms with van der Waals surface area (Å²) in [5.41, 5.74) is -0.584. The first-order valence-electron chi connectivity index (χ1n) is 7.85. The van der Waals surface area contributed by atoms with E-state index in [2.05, 4.69) is 0 Å². The number of aromatic hydroxyl groups is 3. The number of carbonyl (C=O) groups is 2. The molecule has 0 atom stereocenters. The van der Waals surface area contributed by atoms with E-state index in [0.29, 0.717) is 10.8 Å². The minimum atomic E-state index is -0.694. The van der Waals surface area contributed by atoms with Gasteiger partial charge in [-0.1, -0.05) is 24.3 Å². The third kappa shape index (κ3) is 1.81. The number of ketones is 2. The summed E-state index contributed by atoms with van der Waals surface area (Å²) in [5, 5.41) is 32.1. The average Bonchev–Trinajstić information content (AvgIpc) is 2.63. The summed E-state index contributed by atoms with van der Waals surface area (Å²) in [4.78, 5) is 26.3. The van der Waals surface area contributed by atoms with E-state index in [1.54, 1.807) is 24.3 Å². The highest BCUT2D eigenvalue weighted by Crippen LogP contribution is 2.48. The molecular formula is C20H14O6. The topological polar surface area (TPSA) is 104 Å². The molecule has 0 heterocycles. The fourth-order valence-corrected chi connectivity index (χ4v) is 3.51. The highest BCUT2D eigenvalue weighted by atomic mass is 16.5. The molecule has 0 aliphatic heterocycles. The first kappa shape index (κ1) is 16.0. The van der Waals surface area contributed by atoms with Crippen molar-refractivity contribution in [1.82, 2.24) is 0 Å². The van der Waals surface area contributed by atoms with E-state index in [0.717, 1.165) is 0 Å². The van der Waals surface area contributed by atoms with Gasteiger partial charge in [0.2, 0.25) is 5.78 Å². The highest BCUT2D eigenvalue weighted by molar-refractivity contribution is 6.35. The number of rotatable bonds is 1. The number of phenols is 3. The van der Waals surface area contributed by atoms with E-state index in [4.69, 9.17) is 4.74 Å². The van der Waals surface area contributed by atoms with Gasteiger partial charge in [-0.05, 0) is 23.8 Å². The summed E-state index contributed by atoms with van der Waals surface area (Å²) in [6, 6.07) is 8.26. The Labute approximate surface area is 147 Å². The molecule has 4 rings (SSSR count). The quantitative estimate of drug-likeness (QED) is 0.487. The molecular weight excluding hydrogens is 336 g/mol. The zero-order valence-electron chi connectivity index (χ0n) is 14.0. The second-order valence-electron chi connectivity index (χ2n) is 6.13. The Hall–Kier alpha value is -3.54. The van der Waals surface area contributed by atoms with Gasteiger partial charge in [-0.2, -0.15) is 0 Å². The fourth-order valence-electron chi connectivity index (χ4n) is 3.51. The number of fused-ring (bicyclic) bond motifs is 4. The lowest BCUT2D eigenvalue weighted by Gasteiger charge is -2.24. The summed E-state index contributed by atoms with van der Waals surface area (Å²) >= 11 is 0. The van der Waals surface area contributed by atoms with Crippen molar-refractivity contribution in [3.63, 3.8) is 0 Å². The molecule has 1 aliphatic rings. The highest BCUT2D eigenvalue weighted by Gasteiger charge is 2.40. The lowest BCUT2D eigenvalue weighted by Crippen LogP contribution is -2.23. The molecule has 6 nitrogen and oxygen atoms in total. The Bertz CT molecular complexity index is 1140. The van der Waals surface area contributed by atoms with Crippen molar-refractivity contribution in [2.75, 3.05) is 7.11 Å². The fraction of sp³-hybridized carbons (Fsp3) is 0.100. The number of hydrogen-bond acceptors (Lipinski definition) is 6. The van der Waals surface area contributed by atoms with Crippen LogP contribution in [0.3, 0.4) is 0 Å². The number of methoxy groups -OCH3 is 1. The summed E-state index contributed by atoms with van der Waals surface area (Å²) in [7, 11) is 1.25. The van der Waals surface area contributed by atoms with Crippen LogP contribution in [0.25, 0.3) is 10.8 Å². The maximum absolute atomic E-state index is 13.2. The molecule has 0 bridgehead atoms. The molecule has 26 heavy (non-hydrogen) atoms. The van der Waals surface area contributed by atoms with Gasteiger partial charge in [0.15, 0.2) is 17.3 Å². The predicted octanol–water partition coefficient (Wildman–Crippen LogP) is 3.05. The molecule has 0 unspecified atom stereocenters. The van der Waals surface area contributed by atoms with Crippen molar-refractivity contribution >= 4 is 22.3 Å². The third-order valence-corrected chi connectivity index (χ3v) is 4.78. The van der Waals surface area contributed by atoms with E-state index < -0.39 is 23.1 Å². The molecule has 0 amide bonds. The van der Waals surface area contributed by atoms with Crippen LogP contribution in [0, 0.1) is 6.92 Å². The minimum Gasteiger partial charge on any atom is -0.507 e. The Morgan fingerprint density at radius 3 is 2.19 bits per heavy atom. The molecule has 130 valence electrons. The van der Waals surface area contributed by atoms with Gasteiger partial charge in [0.05, 0.1) is 23.8 Å². The average molecular weight is 350 g/mol. The number of benzene rings is 3. The zero-order chi connectivity index (χ0) is 18.7. The van der Waals surface area contributed by atoms with Crippen LogP contribution in [0.1, 0.15) is 37.4 Å². The Kier molecular flexibility index (Phi) is 3.21. The minimum absolute atomic E-state index is 0.0283. The molecule has 6 heteroatoms. The van der Waals surface area contributed by atoms with Crippen LogP contribution in [0.4, 0.5) is 0 Å². The van der Waals surface area contributed by atoms with E-state index >= 15 is 0 Å². The summed E-state index contributed by atoms with van der Waals surface area (Å²) in [6.07, 6.45) is 0. The number of hydrogen-bond donors (Lipinski definition) is 3. The van der Waals surface area contributed by atoms with Gasteiger partial charge in [0.1, 0.15) is 11.5 Å². The Morgan fingerprint density at radius 2 is 1.50 bits per heavy atom. The van der Waals surface area contributed by atoms with Gasteiger partial charge in [-0.3, -0.25) is 9.59 Å². The maximum atomic E-state index is 13.2. The maximum Gasteiger partial charge on any atom is 0.202 e. The molecule has 0 saturated carbocycles. The molecule has 3 aromatic rings. The van der Waals surface area contributed by atoms with Crippen molar-refractivity contribution in [1.29, 1.82) is 0 Å². The number of carbonyl (C=O) groups excluding carboxylic acids is 2. The van der Waals surface area contributed by atoms with Crippen LogP contribution in [0.2, 0.25) is 0 Å². The smallest absolute Gasteiger partial charge is 0.202 e.